The molecular weight excluding hydrogens is 450 g/mol. The highest BCUT2D eigenvalue weighted by Crippen LogP contribution is 2.33. The van der Waals surface area contributed by atoms with Crippen LogP contribution in [0.1, 0.15) is 31.5 Å². The van der Waals surface area contributed by atoms with Gasteiger partial charge in [-0.15, -0.1) is 11.8 Å². The van der Waals surface area contributed by atoms with Gasteiger partial charge in [0.25, 0.3) is 11.1 Å². The number of hydrogen-bond donors (Lipinski definition) is 1. The minimum Gasteiger partial charge on any atom is -0.490 e. The summed E-state index contributed by atoms with van der Waals surface area (Å²) in [5.74, 6) is 1.88. The summed E-state index contributed by atoms with van der Waals surface area (Å²) in [4.78, 5) is 33.3. The first-order valence-corrected chi connectivity index (χ1v) is 12.9. The van der Waals surface area contributed by atoms with E-state index in [1.165, 1.54) is 4.90 Å². The molecule has 0 amide bonds. The van der Waals surface area contributed by atoms with E-state index in [2.05, 4.69) is 28.2 Å². The number of hydrogen-bond acceptors (Lipinski definition) is 7. The van der Waals surface area contributed by atoms with Gasteiger partial charge in [-0.1, -0.05) is 0 Å². The molecule has 34 heavy (non-hydrogen) atoms. The number of pyridine rings is 3. The van der Waals surface area contributed by atoms with E-state index in [1.807, 2.05) is 34.7 Å². The predicted octanol–water partition coefficient (Wildman–Crippen LogP) is 2.24. The Morgan fingerprint density at radius 3 is 2.79 bits per heavy atom. The standard InChI is InChI=1S/C25H29N5O3S/c1-25(27-13-18-12-21-20(14-26-18)33-10-11-34-21)6-8-28(9-7-25)15-19-16-29-22(31)4-2-17-3-5-23(32)30(19)24(17)29/h2-5,12,14,19,27H,6-11,13,15-16H2,1H3/t19-/m1/s1. The SMILES string of the molecule is CC1(NCc2cc3c(cn2)OCCS3)CCN(C[C@@H]2Cn3c(=O)ccc4ccc(=O)n2c43)CC1. The van der Waals surface area contributed by atoms with E-state index in [1.54, 1.807) is 16.7 Å². The first-order chi connectivity index (χ1) is 16.5. The number of nitrogens with one attached hydrogen (secondary N) is 1. The maximum absolute atomic E-state index is 12.7. The summed E-state index contributed by atoms with van der Waals surface area (Å²) in [5, 5.41) is 4.68. The second-order valence-electron chi connectivity index (χ2n) is 9.79. The molecule has 1 N–H and O–H groups in total. The van der Waals surface area contributed by atoms with Crippen LogP contribution in [0.2, 0.25) is 0 Å². The van der Waals surface area contributed by atoms with Gasteiger partial charge in [-0.25, -0.2) is 0 Å². The molecule has 8 nitrogen and oxygen atoms in total. The van der Waals surface area contributed by atoms with Crippen molar-refractivity contribution >= 4 is 22.8 Å². The zero-order valence-corrected chi connectivity index (χ0v) is 20.1. The average Bonchev–Trinajstić information content (AvgIpc) is 3.24. The molecule has 1 fully saturated rings. The van der Waals surface area contributed by atoms with Gasteiger partial charge in [-0.05, 0) is 51.1 Å². The Morgan fingerprint density at radius 2 is 1.97 bits per heavy atom. The molecule has 3 aromatic rings. The van der Waals surface area contributed by atoms with E-state index in [0.29, 0.717) is 6.54 Å². The number of likely N-dealkylation sites (tertiary alicyclic amines) is 1. The minimum absolute atomic E-state index is 0.0111. The Kier molecular flexibility index (Phi) is 5.50. The van der Waals surface area contributed by atoms with Crippen molar-refractivity contribution in [1.29, 1.82) is 0 Å². The van der Waals surface area contributed by atoms with Gasteiger partial charge in [0.05, 0.1) is 29.4 Å². The van der Waals surface area contributed by atoms with Crippen LogP contribution in [-0.4, -0.2) is 56.6 Å². The Morgan fingerprint density at radius 1 is 1.18 bits per heavy atom. The third-order valence-corrected chi connectivity index (χ3v) is 8.43. The largest absolute Gasteiger partial charge is 0.490 e. The Bertz CT molecular complexity index is 1350. The quantitative estimate of drug-likeness (QED) is 0.601. The van der Waals surface area contributed by atoms with E-state index in [-0.39, 0.29) is 22.7 Å². The van der Waals surface area contributed by atoms with Gasteiger partial charge >= 0.3 is 0 Å². The van der Waals surface area contributed by atoms with E-state index < -0.39 is 0 Å². The van der Waals surface area contributed by atoms with Crippen LogP contribution in [0.3, 0.4) is 0 Å². The number of piperidine rings is 1. The highest BCUT2D eigenvalue weighted by Gasteiger charge is 2.33. The summed E-state index contributed by atoms with van der Waals surface area (Å²) < 4.78 is 9.24. The third kappa shape index (κ3) is 3.95. The monoisotopic (exact) mass is 479 g/mol. The third-order valence-electron chi connectivity index (χ3n) is 7.43. The summed E-state index contributed by atoms with van der Waals surface area (Å²) in [6, 6.07) is 8.97. The fourth-order valence-electron chi connectivity index (χ4n) is 5.39. The number of thioether (sulfide) groups is 1. The lowest BCUT2D eigenvalue weighted by Gasteiger charge is -2.41. The summed E-state index contributed by atoms with van der Waals surface area (Å²) in [6.45, 7) is 7.03. The number of nitrogens with zero attached hydrogens (tertiary/aromatic N) is 4. The molecule has 0 bridgehead atoms. The predicted molar refractivity (Wildman–Crippen MR) is 133 cm³/mol. The molecule has 6 rings (SSSR count). The number of fused-ring (bicyclic) bond motifs is 1. The highest BCUT2D eigenvalue weighted by atomic mass is 32.2. The fraction of sp³-hybridized carbons (Fsp3) is 0.480. The second kappa shape index (κ2) is 8.55. The van der Waals surface area contributed by atoms with Gasteiger partial charge in [0.1, 0.15) is 5.65 Å². The molecule has 6 heterocycles. The van der Waals surface area contributed by atoms with Crippen molar-refractivity contribution in [3.63, 3.8) is 0 Å². The lowest BCUT2D eigenvalue weighted by Crippen LogP contribution is -2.52. The van der Waals surface area contributed by atoms with Crippen LogP contribution in [0.4, 0.5) is 0 Å². The van der Waals surface area contributed by atoms with Crippen LogP contribution in [0.25, 0.3) is 11.0 Å². The maximum atomic E-state index is 12.7. The van der Waals surface area contributed by atoms with E-state index in [0.717, 1.165) is 73.9 Å². The highest BCUT2D eigenvalue weighted by molar-refractivity contribution is 7.99. The summed E-state index contributed by atoms with van der Waals surface area (Å²) in [7, 11) is 0. The van der Waals surface area contributed by atoms with Crippen molar-refractivity contribution in [2.75, 3.05) is 32.0 Å². The van der Waals surface area contributed by atoms with Crippen molar-refractivity contribution in [2.24, 2.45) is 0 Å². The first kappa shape index (κ1) is 21.9. The number of ether oxygens (including phenoxy) is 1. The van der Waals surface area contributed by atoms with Crippen LogP contribution < -0.4 is 21.2 Å². The molecule has 3 aliphatic rings. The molecular formula is C25H29N5O3S. The van der Waals surface area contributed by atoms with E-state index in [9.17, 15) is 9.59 Å². The molecule has 3 aliphatic heterocycles. The smallest absolute Gasteiger partial charge is 0.252 e. The van der Waals surface area contributed by atoms with E-state index >= 15 is 0 Å². The van der Waals surface area contributed by atoms with Crippen LogP contribution >= 0.6 is 11.8 Å². The van der Waals surface area contributed by atoms with Crippen LogP contribution in [-0.2, 0) is 13.1 Å². The van der Waals surface area contributed by atoms with Gasteiger partial charge in [0.2, 0.25) is 0 Å². The molecule has 0 unspecified atom stereocenters. The Hall–Kier alpha value is -2.62. The molecule has 0 saturated carbocycles. The lowest BCUT2D eigenvalue weighted by molar-refractivity contribution is 0.128. The molecule has 0 radical (unpaired) electrons. The zero-order chi connectivity index (χ0) is 23.3. The summed E-state index contributed by atoms with van der Waals surface area (Å²) >= 11 is 1.83. The molecule has 178 valence electrons. The number of rotatable bonds is 5. The average molecular weight is 480 g/mol. The van der Waals surface area contributed by atoms with Gasteiger partial charge < -0.3 is 15.0 Å². The van der Waals surface area contributed by atoms with Crippen molar-refractivity contribution in [3.8, 4) is 5.75 Å². The Balaban J connectivity index is 1.09. The van der Waals surface area contributed by atoms with Gasteiger partial charge in [0.15, 0.2) is 5.75 Å². The van der Waals surface area contributed by atoms with E-state index in [4.69, 9.17) is 4.74 Å². The minimum atomic E-state index is -0.0366. The molecule has 1 atom stereocenters. The first-order valence-electron chi connectivity index (χ1n) is 12.0. The molecule has 3 aromatic heterocycles. The Labute approximate surface area is 201 Å². The van der Waals surface area contributed by atoms with Crippen molar-refractivity contribution in [1.82, 2.24) is 24.3 Å². The lowest BCUT2D eigenvalue weighted by atomic mass is 9.89. The molecule has 9 heteroatoms. The summed E-state index contributed by atoms with van der Waals surface area (Å²) in [5.41, 5.74) is 1.78. The maximum Gasteiger partial charge on any atom is 0.252 e. The zero-order valence-electron chi connectivity index (χ0n) is 19.3. The normalized spacial score (nSPS) is 21.4. The molecule has 1 saturated heterocycles. The topological polar surface area (TPSA) is 81.4 Å². The van der Waals surface area contributed by atoms with Gasteiger partial charge in [-0.2, -0.15) is 0 Å². The second-order valence-corrected chi connectivity index (χ2v) is 10.9. The van der Waals surface area contributed by atoms with Crippen molar-refractivity contribution < 1.29 is 4.74 Å². The van der Waals surface area contributed by atoms with Crippen LogP contribution in [0.5, 0.6) is 5.75 Å². The van der Waals surface area contributed by atoms with Gasteiger partial charge in [0, 0.05) is 48.4 Å². The molecule has 0 aromatic carbocycles. The van der Waals surface area contributed by atoms with Crippen molar-refractivity contribution in [2.45, 2.75) is 49.3 Å². The van der Waals surface area contributed by atoms with Crippen molar-refractivity contribution in [3.05, 3.63) is 62.9 Å². The fourth-order valence-corrected chi connectivity index (χ4v) is 6.25. The molecule has 0 aliphatic carbocycles. The van der Waals surface area contributed by atoms with Crippen LogP contribution in [0.15, 0.2) is 51.0 Å². The van der Waals surface area contributed by atoms with Crippen LogP contribution in [0, 0.1) is 0 Å². The molecule has 0 spiro atoms. The number of aromatic nitrogens is 3. The summed E-state index contributed by atoms with van der Waals surface area (Å²) in [6.07, 6.45) is 3.89. The van der Waals surface area contributed by atoms with Gasteiger partial charge in [-0.3, -0.25) is 23.7 Å².